The molecule has 7 heteroatoms. The highest BCUT2D eigenvalue weighted by atomic mass is 79.9. The molecule has 0 spiro atoms. The Morgan fingerprint density at radius 1 is 1.12 bits per heavy atom. The van der Waals surface area contributed by atoms with Crippen LogP contribution in [0.15, 0.2) is 65.3 Å². The first kappa shape index (κ1) is 16.4. The summed E-state index contributed by atoms with van der Waals surface area (Å²) in [5, 5.41) is 7.76. The summed E-state index contributed by atoms with van der Waals surface area (Å²) in [6, 6.07) is 17.3. The van der Waals surface area contributed by atoms with Crippen molar-refractivity contribution < 1.29 is 4.74 Å². The van der Waals surface area contributed by atoms with Gasteiger partial charge in [0, 0.05) is 23.0 Å². The van der Waals surface area contributed by atoms with E-state index in [1.807, 2.05) is 54.6 Å². The average Bonchev–Trinajstić information content (AvgIpc) is 3.03. The standard InChI is InChI=1S/C19H16BrN5O/c1-26-17-8-3-2-7-14(17)16-10-18(23-13-6-4-5-12(21)9-13)25-19(24-16)15(20)11-22-25/h2-11,23H,21H2,1H3. The van der Waals surface area contributed by atoms with Crippen LogP contribution >= 0.6 is 15.9 Å². The summed E-state index contributed by atoms with van der Waals surface area (Å²) in [6.45, 7) is 0. The zero-order valence-electron chi connectivity index (χ0n) is 14.0. The number of anilines is 3. The van der Waals surface area contributed by atoms with Gasteiger partial charge in [-0.2, -0.15) is 9.61 Å². The van der Waals surface area contributed by atoms with Crippen molar-refractivity contribution in [2.75, 3.05) is 18.2 Å². The number of fused-ring (bicyclic) bond motifs is 1. The number of halogens is 1. The number of nitrogens with zero attached hydrogens (tertiary/aromatic N) is 3. The monoisotopic (exact) mass is 409 g/mol. The molecule has 0 aliphatic heterocycles. The van der Waals surface area contributed by atoms with Gasteiger partial charge in [-0.15, -0.1) is 0 Å². The lowest BCUT2D eigenvalue weighted by Gasteiger charge is -2.13. The molecular weight excluding hydrogens is 394 g/mol. The number of nitrogens with two attached hydrogens (primary N) is 1. The fourth-order valence-electron chi connectivity index (χ4n) is 2.78. The summed E-state index contributed by atoms with van der Waals surface area (Å²) in [4.78, 5) is 4.74. The molecule has 0 saturated carbocycles. The normalized spacial score (nSPS) is 10.8. The number of methoxy groups -OCH3 is 1. The Labute approximate surface area is 158 Å². The minimum atomic E-state index is 0.687. The van der Waals surface area contributed by atoms with Crippen LogP contribution in [0.25, 0.3) is 16.9 Å². The molecule has 0 radical (unpaired) electrons. The molecule has 3 N–H and O–H groups in total. The number of para-hydroxylation sites is 1. The van der Waals surface area contributed by atoms with Crippen molar-refractivity contribution in [1.82, 2.24) is 14.6 Å². The van der Waals surface area contributed by atoms with Crippen LogP contribution in [0, 0.1) is 0 Å². The molecular formula is C19H16BrN5O. The van der Waals surface area contributed by atoms with Gasteiger partial charge < -0.3 is 15.8 Å². The molecule has 0 unspecified atom stereocenters. The van der Waals surface area contributed by atoms with Crippen LogP contribution in [0.4, 0.5) is 17.2 Å². The summed E-state index contributed by atoms with van der Waals surface area (Å²) in [7, 11) is 1.65. The third kappa shape index (κ3) is 2.97. The molecule has 0 amide bonds. The van der Waals surface area contributed by atoms with Gasteiger partial charge in [-0.3, -0.25) is 0 Å². The number of nitrogen functional groups attached to an aromatic ring is 1. The van der Waals surface area contributed by atoms with Gasteiger partial charge in [-0.05, 0) is 46.3 Å². The van der Waals surface area contributed by atoms with E-state index < -0.39 is 0 Å². The molecule has 4 rings (SSSR count). The predicted molar refractivity (Wildman–Crippen MR) is 107 cm³/mol. The van der Waals surface area contributed by atoms with Crippen LogP contribution in [0.2, 0.25) is 0 Å². The maximum atomic E-state index is 5.89. The highest BCUT2D eigenvalue weighted by Gasteiger charge is 2.14. The first-order chi connectivity index (χ1) is 12.7. The Morgan fingerprint density at radius 3 is 2.77 bits per heavy atom. The number of ether oxygens (including phenoxy) is 1. The molecule has 0 aliphatic rings. The average molecular weight is 410 g/mol. The second-order valence-electron chi connectivity index (χ2n) is 5.71. The maximum absolute atomic E-state index is 5.89. The van der Waals surface area contributed by atoms with E-state index >= 15 is 0 Å². The third-order valence-electron chi connectivity index (χ3n) is 3.97. The van der Waals surface area contributed by atoms with Crippen molar-refractivity contribution in [1.29, 1.82) is 0 Å². The molecule has 0 bridgehead atoms. The maximum Gasteiger partial charge on any atom is 0.172 e. The molecule has 6 nitrogen and oxygen atoms in total. The van der Waals surface area contributed by atoms with Gasteiger partial charge in [-0.1, -0.05) is 18.2 Å². The lowest BCUT2D eigenvalue weighted by atomic mass is 10.1. The molecule has 2 heterocycles. The number of hydrogen-bond donors (Lipinski definition) is 2. The molecule has 0 atom stereocenters. The van der Waals surface area contributed by atoms with Gasteiger partial charge in [0.05, 0.1) is 23.5 Å². The number of benzene rings is 2. The number of rotatable bonds is 4. The van der Waals surface area contributed by atoms with E-state index in [4.69, 9.17) is 15.5 Å². The molecule has 0 fully saturated rings. The predicted octanol–water partition coefficient (Wildman–Crippen LogP) is 4.49. The van der Waals surface area contributed by atoms with Crippen molar-refractivity contribution in [2.24, 2.45) is 0 Å². The van der Waals surface area contributed by atoms with Crippen LogP contribution in [-0.2, 0) is 0 Å². The Morgan fingerprint density at radius 2 is 1.96 bits per heavy atom. The topological polar surface area (TPSA) is 77.5 Å². The Hall–Kier alpha value is -3.06. The van der Waals surface area contributed by atoms with E-state index in [1.54, 1.807) is 17.8 Å². The molecule has 2 aromatic heterocycles. The van der Waals surface area contributed by atoms with Crippen LogP contribution in [0.3, 0.4) is 0 Å². The molecule has 130 valence electrons. The summed E-state index contributed by atoms with van der Waals surface area (Å²) >= 11 is 3.52. The number of aromatic nitrogens is 3. The minimum absolute atomic E-state index is 0.687. The van der Waals surface area contributed by atoms with Crippen molar-refractivity contribution in [3.05, 3.63) is 65.3 Å². The van der Waals surface area contributed by atoms with Crippen LogP contribution in [0.5, 0.6) is 5.75 Å². The zero-order chi connectivity index (χ0) is 18.1. The SMILES string of the molecule is COc1ccccc1-c1cc(Nc2cccc(N)c2)n2ncc(Br)c2n1. The van der Waals surface area contributed by atoms with Gasteiger partial charge in [-0.25, -0.2) is 4.98 Å². The fraction of sp³-hybridized carbons (Fsp3) is 0.0526. The first-order valence-electron chi connectivity index (χ1n) is 7.96. The van der Waals surface area contributed by atoms with E-state index in [9.17, 15) is 0 Å². The molecule has 0 aliphatic carbocycles. The van der Waals surface area contributed by atoms with E-state index in [0.29, 0.717) is 11.3 Å². The number of hydrogen-bond acceptors (Lipinski definition) is 5. The lowest BCUT2D eigenvalue weighted by Crippen LogP contribution is -2.03. The second kappa shape index (κ2) is 6.68. The van der Waals surface area contributed by atoms with Crippen molar-refractivity contribution in [3.63, 3.8) is 0 Å². The van der Waals surface area contributed by atoms with Gasteiger partial charge in [0.2, 0.25) is 0 Å². The van der Waals surface area contributed by atoms with Crippen LogP contribution in [-0.4, -0.2) is 21.7 Å². The van der Waals surface area contributed by atoms with E-state index in [-0.39, 0.29) is 0 Å². The second-order valence-corrected chi connectivity index (χ2v) is 6.56. The van der Waals surface area contributed by atoms with Gasteiger partial charge in [0.15, 0.2) is 5.65 Å². The Balaban J connectivity index is 1.89. The molecule has 0 saturated heterocycles. The van der Waals surface area contributed by atoms with E-state index in [2.05, 4.69) is 26.3 Å². The molecule has 26 heavy (non-hydrogen) atoms. The molecule has 4 aromatic rings. The quantitative estimate of drug-likeness (QED) is 0.485. The summed E-state index contributed by atoms with van der Waals surface area (Å²) in [6.07, 6.45) is 1.72. The Bertz CT molecular complexity index is 1090. The van der Waals surface area contributed by atoms with Gasteiger partial charge in [0.25, 0.3) is 0 Å². The van der Waals surface area contributed by atoms with Gasteiger partial charge in [0.1, 0.15) is 11.6 Å². The van der Waals surface area contributed by atoms with Crippen molar-refractivity contribution in [2.45, 2.75) is 0 Å². The zero-order valence-corrected chi connectivity index (χ0v) is 15.6. The minimum Gasteiger partial charge on any atom is -0.496 e. The van der Waals surface area contributed by atoms with E-state index in [1.165, 1.54) is 0 Å². The summed E-state index contributed by atoms with van der Waals surface area (Å²) < 4.78 is 8.04. The third-order valence-corrected chi connectivity index (χ3v) is 4.53. The van der Waals surface area contributed by atoms with Gasteiger partial charge >= 0.3 is 0 Å². The van der Waals surface area contributed by atoms with Crippen LogP contribution < -0.4 is 15.8 Å². The smallest absolute Gasteiger partial charge is 0.172 e. The van der Waals surface area contributed by atoms with E-state index in [0.717, 1.165) is 33.0 Å². The number of nitrogens with one attached hydrogen (secondary N) is 1. The van der Waals surface area contributed by atoms with Crippen molar-refractivity contribution >= 4 is 38.8 Å². The fourth-order valence-corrected chi connectivity index (χ4v) is 3.13. The lowest BCUT2D eigenvalue weighted by molar-refractivity contribution is 0.416. The largest absolute Gasteiger partial charge is 0.496 e. The summed E-state index contributed by atoms with van der Waals surface area (Å²) in [5.74, 6) is 1.53. The highest BCUT2D eigenvalue weighted by Crippen LogP contribution is 2.32. The summed E-state index contributed by atoms with van der Waals surface area (Å²) in [5.41, 5.74) is 9.84. The van der Waals surface area contributed by atoms with Crippen LogP contribution in [0.1, 0.15) is 0 Å². The molecule has 2 aromatic carbocycles. The Kier molecular flexibility index (Phi) is 4.22. The first-order valence-corrected chi connectivity index (χ1v) is 8.75. The highest BCUT2D eigenvalue weighted by molar-refractivity contribution is 9.10. The van der Waals surface area contributed by atoms with Crippen molar-refractivity contribution in [3.8, 4) is 17.0 Å².